The molecule has 0 aliphatic heterocycles. The van der Waals surface area contributed by atoms with Gasteiger partial charge in [0.1, 0.15) is 5.82 Å². The Bertz CT molecular complexity index is 812. The number of halogens is 5. The fourth-order valence-corrected chi connectivity index (χ4v) is 4.99. The first-order valence-corrected chi connectivity index (χ1v) is 10.9. The second kappa shape index (κ2) is 9.35. The summed E-state index contributed by atoms with van der Waals surface area (Å²) in [6, 6.07) is 1.56. The van der Waals surface area contributed by atoms with E-state index in [0.29, 0.717) is 19.3 Å². The van der Waals surface area contributed by atoms with E-state index in [1.807, 2.05) is 0 Å². The molecule has 3 rings (SSSR count). The maximum atomic E-state index is 14.7. The van der Waals surface area contributed by atoms with Crippen LogP contribution in [-0.2, 0) is 9.59 Å². The van der Waals surface area contributed by atoms with Crippen LogP contribution >= 0.6 is 23.2 Å². The van der Waals surface area contributed by atoms with Gasteiger partial charge in [-0.15, -0.1) is 0 Å². The molecule has 2 N–H and O–H groups in total. The van der Waals surface area contributed by atoms with Crippen molar-refractivity contribution in [2.24, 2.45) is 11.8 Å². The minimum atomic E-state index is -2.75. The summed E-state index contributed by atoms with van der Waals surface area (Å²) in [5.74, 6) is -4.56. The van der Waals surface area contributed by atoms with Crippen LogP contribution in [0.5, 0.6) is 0 Å². The molecule has 0 heterocycles. The Balaban J connectivity index is 1.81. The number of carbonyl (C=O) groups excluding carboxylic acids is 2. The van der Waals surface area contributed by atoms with Crippen LogP contribution in [0.3, 0.4) is 0 Å². The molecular weight excluding hydrogens is 440 g/mol. The smallest absolute Gasteiger partial charge is 0.248 e. The van der Waals surface area contributed by atoms with E-state index in [2.05, 4.69) is 10.6 Å². The highest BCUT2D eigenvalue weighted by atomic mass is 35.5. The normalized spacial score (nSPS) is 25.0. The van der Waals surface area contributed by atoms with Gasteiger partial charge in [0, 0.05) is 37.3 Å². The number of alkyl halides is 2. The van der Waals surface area contributed by atoms with Gasteiger partial charge in [-0.2, -0.15) is 0 Å². The van der Waals surface area contributed by atoms with E-state index in [1.54, 1.807) is 0 Å². The molecule has 1 aromatic carbocycles. The first-order chi connectivity index (χ1) is 14.1. The molecule has 1 unspecified atom stereocenters. The topological polar surface area (TPSA) is 58.2 Å². The molecule has 0 saturated heterocycles. The minimum Gasteiger partial charge on any atom is -0.354 e. The molecule has 2 saturated carbocycles. The standard InChI is InChI=1S/C21H25Cl2F3N2O2/c1-11(29)27-14-3-2-13(10-14)20(30)28-19(12-6-8-21(25,26)9-7-12)17-16(24)5-4-15(22)18(17)23/h4-5,12-14,19H,2-3,6-10H2,1H3,(H,27,29)(H,28,30)/t13-,14?,19+/m1/s1. The monoisotopic (exact) mass is 464 g/mol. The molecule has 166 valence electrons. The van der Waals surface area contributed by atoms with Crippen LogP contribution in [0.25, 0.3) is 0 Å². The molecule has 4 nitrogen and oxygen atoms in total. The van der Waals surface area contributed by atoms with Crippen LogP contribution in [0.1, 0.15) is 63.5 Å². The van der Waals surface area contributed by atoms with Crippen molar-refractivity contribution < 1.29 is 22.8 Å². The first-order valence-electron chi connectivity index (χ1n) is 10.2. The zero-order chi connectivity index (χ0) is 22.1. The Morgan fingerprint density at radius 3 is 2.43 bits per heavy atom. The fourth-order valence-electron chi connectivity index (χ4n) is 4.56. The second-order valence-electron chi connectivity index (χ2n) is 8.34. The van der Waals surface area contributed by atoms with Crippen LogP contribution in [-0.4, -0.2) is 23.8 Å². The molecule has 9 heteroatoms. The van der Waals surface area contributed by atoms with Crippen molar-refractivity contribution in [3.8, 4) is 0 Å². The summed E-state index contributed by atoms with van der Waals surface area (Å²) in [5.41, 5.74) is 0.0455. The summed E-state index contributed by atoms with van der Waals surface area (Å²) in [6.45, 7) is 1.42. The summed E-state index contributed by atoms with van der Waals surface area (Å²) in [5, 5.41) is 5.81. The number of hydrogen-bond acceptors (Lipinski definition) is 2. The zero-order valence-electron chi connectivity index (χ0n) is 16.6. The summed E-state index contributed by atoms with van der Waals surface area (Å²) >= 11 is 12.3. The van der Waals surface area contributed by atoms with Gasteiger partial charge in [0.05, 0.1) is 16.1 Å². The molecule has 0 bridgehead atoms. The van der Waals surface area contributed by atoms with Crippen LogP contribution in [0.15, 0.2) is 12.1 Å². The lowest BCUT2D eigenvalue weighted by atomic mass is 9.79. The maximum absolute atomic E-state index is 14.7. The van der Waals surface area contributed by atoms with Crippen molar-refractivity contribution >= 4 is 35.0 Å². The van der Waals surface area contributed by atoms with E-state index in [-0.39, 0.29) is 71.0 Å². The molecule has 2 aliphatic carbocycles. The molecule has 30 heavy (non-hydrogen) atoms. The van der Waals surface area contributed by atoms with Crippen molar-refractivity contribution in [3.05, 3.63) is 33.6 Å². The van der Waals surface area contributed by atoms with Gasteiger partial charge in [-0.25, -0.2) is 13.2 Å². The number of carbonyl (C=O) groups is 2. The summed E-state index contributed by atoms with van der Waals surface area (Å²) in [4.78, 5) is 24.2. The second-order valence-corrected chi connectivity index (χ2v) is 9.13. The average molecular weight is 465 g/mol. The molecule has 2 fully saturated rings. The molecule has 1 aromatic rings. The third-order valence-electron chi connectivity index (χ3n) is 6.13. The highest BCUT2D eigenvalue weighted by Gasteiger charge is 2.41. The first kappa shape index (κ1) is 23.2. The van der Waals surface area contributed by atoms with Gasteiger partial charge in [0.15, 0.2) is 0 Å². The molecule has 2 aliphatic rings. The predicted octanol–water partition coefficient (Wildman–Crippen LogP) is 5.42. The summed E-state index contributed by atoms with van der Waals surface area (Å²) < 4.78 is 42.1. The van der Waals surface area contributed by atoms with E-state index in [1.165, 1.54) is 19.1 Å². The molecule has 3 atom stereocenters. The average Bonchev–Trinajstić information content (AvgIpc) is 3.12. The predicted molar refractivity (Wildman–Crippen MR) is 109 cm³/mol. The Morgan fingerprint density at radius 1 is 1.13 bits per heavy atom. The summed E-state index contributed by atoms with van der Waals surface area (Å²) in [6.07, 6.45) is 1.36. The highest BCUT2D eigenvalue weighted by molar-refractivity contribution is 6.42. The molecule has 0 spiro atoms. The number of nitrogens with one attached hydrogen (secondary N) is 2. The van der Waals surface area contributed by atoms with Gasteiger partial charge in [-0.3, -0.25) is 9.59 Å². The van der Waals surface area contributed by atoms with E-state index in [0.717, 1.165) is 0 Å². The third-order valence-corrected chi connectivity index (χ3v) is 6.95. The largest absolute Gasteiger partial charge is 0.354 e. The minimum absolute atomic E-state index is 0.0122. The lowest BCUT2D eigenvalue weighted by Gasteiger charge is -2.35. The van der Waals surface area contributed by atoms with Crippen molar-refractivity contribution in [1.82, 2.24) is 10.6 Å². The third kappa shape index (κ3) is 5.41. The molecule has 2 amide bonds. The van der Waals surface area contributed by atoms with Crippen molar-refractivity contribution in [3.63, 3.8) is 0 Å². The van der Waals surface area contributed by atoms with Gasteiger partial charge in [0.25, 0.3) is 0 Å². The van der Waals surface area contributed by atoms with Crippen LogP contribution < -0.4 is 10.6 Å². The van der Waals surface area contributed by atoms with Gasteiger partial charge >= 0.3 is 0 Å². The number of rotatable bonds is 5. The Morgan fingerprint density at radius 2 is 1.80 bits per heavy atom. The molecular formula is C21H25Cl2F3N2O2. The van der Waals surface area contributed by atoms with Gasteiger partial charge < -0.3 is 10.6 Å². The fraction of sp³-hybridized carbons (Fsp3) is 0.619. The maximum Gasteiger partial charge on any atom is 0.248 e. The van der Waals surface area contributed by atoms with E-state index in [9.17, 15) is 22.8 Å². The quantitative estimate of drug-likeness (QED) is 0.571. The van der Waals surface area contributed by atoms with E-state index in [4.69, 9.17) is 23.2 Å². The Hall–Kier alpha value is -1.47. The molecule has 0 aromatic heterocycles. The Labute approximate surface area is 183 Å². The zero-order valence-corrected chi connectivity index (χ0v) is 18.1. The van der Waals surface area contributed by atoms with Crippen LogP contribution in [0.2, 0.25) is 10.0 Å². The Kier molecular flexibility index (Phi) is 7.23. The van der Waals surface area contributed by atoms with Gasteiger partial charge in [-0.1, -0.05) is 23.2 Å². The molecule has 0 radical (unpaired) electrons. The lowest BCUT2D eigenvalue weighted by molar-refractivity contribution is -0.126. The van der Waals surface area contributed by atoms with Crippen molar-refractivity contribution in [2.75, 3.05) is 0 Å². The van der Waals surface area contributed by atoms with Gasteiger partial charge in [-0.05, 0) is 50.2 Å². The number of hydrogen-bond donors (Lipinski definition) is 2. The van der Waals surface area contributed by atoms with E-state index < -0.39 is 17.8 Å². The number of amides is 2. The summed E-state index contributed by atoms with van der Waals surface area (Å²) in [7, 11) is 0. The van der Waals surface area contributed by atoms with Crippen LogP contribution in [0.4, 0.5) is 13.2 Å². The van der Waals surface area contributed by atoms with Crippen LogP contribution in [0, 0.1) is 17.7 Å². The lowest BCUT2D eigenvalue weighted by Crippen LogP contribution is -2.40. The SMILES string of the molecule is CC(=O)NC1CC[C@@H](C(=O)N[C@H](c2c(F)ccc(Cl)c2Cl)C2CCC(F)(F)CC2)C1. The highest BCUT2D eigenvalue weighted by Crippen LogP contribution is 2.44. The van der Waals surface area contributed by atoms with Gasteiger partial charge in [0.2, 0.25) is 17.7 Å². The van der Waals surface area contributed by atoms with Crippen molar-refractivity contribution in [2.45, 2.75) is 69.9 Å². The van der Waals surface area contributed by atoms with E-state index >= 15 is 0 Å². The van der Waals surface area contributed by atoms with Crippen molar-refractivity contribution in [1.29, 1.82) is 0 Å². The number of benzene rings is 1.